The second-order valence-electron chi connectivity index (χ2n) is 12.6. The number of carboxylic acid groups (broad SMARTS) is 2. The Labute approximate surface area is 293 Å². The van der Waals surface area contributed by atoms with Crippen LogP contribution in [0.1, 0.15) is 20.3 Å². The maximum atomic E-state index is 12.4. The molecule has 0 aromatic carbocycles. The lowest BCUT2D eigenvalue weighted by Crippen LogP contribution is -2.70. The van der Waals surface area contributed by atoms with E-state index in [2.05, 4.69) is 10.6 Å². The highest BCUT2D eigenvalue weighted by Gasteiger charge is 2.57. The Hall–Kier alpha value is -2.76. The summed E-state index contributed by atoms with van der Waals surface area (Å²) in [5.74, 6) is -4.95. The molecule has 19 unspecified atom stereocenters. The summed E-state index contributed by atoms with van der Waals surface area (Å²) in [5, 5.41) is 119. The van der Waals surface area contributed by atoms with Crippen molar-refractivity contribution in [3.63, 3.8) is 0 Å². The number of aliphatic carboxylic acids is 2. The number of hydrogen-bond acceptors (Lipinski definition) is 20. The number of aliphatic hydroxyl groups excluding tert-OH is 9. The van der Waals surface area contributed by atoms with Crippen molar-refractivity contribution in [1.29, 1.82) is 0 Å². The second-order valence-corrected chi connectivity index (χ2v) is 12.6. The van der Waals surface area contributed by atoms with Gasteiger partial charge in [0.1, 0.15) is 73.1 Å². The first kappa shape index (κ1) is 42.0. The first-order valence-electron chi connectivity index (χ1n) is 16.0. The van der Waals surface area contributed by atoms with Crippen molar-refractivity contribution in [3.8, 4) is 0 Å². The lowest BCUT2D eigenvalue weighted by atomic mass is 9.94. The van der Waals surface area contributed by atoms with Crippen molar-refractivity contribution >= 4 is 23.8 Å². The van der Waals surface area contributed by atoms with E-state index in [-0.39, 0.29) is 0 Å². The van der Waals surface area contributed by atoms with Crippen LogP contribution in [-0.4, -0.2) is 210 Å². The molecule has 19 atom stereocenters. The standard InChI is InChI=1S/C28H44N2O22/c1-6(33)29-12-19(15(37)10(4-31)46-25(12)45)49-28-18(40)17(39)21(22(52-28)24(43)44)51-26-13(30-7(2)34)20(16(38)11(5-32)48-26)50-27-14(36)8(35)3-9(47-27)23(41)42/h8-22,25-28,31-32,35-40,45H,3-5H2,1-2H3,(H,29,33)(H,30,34)(H,41,42)(H,43,44). The number of ether oxygens (including phenoxy) is 7. The zero-order valence-corrected chi connectivity index (χ0v) is 27.5. The Morgan fingerprint density at radius 2 is 1.10 bits per heavy atom. The Morgan fingerprint density at radius 3 is 1.62 bits per heavy atom. The molecule has 4 aliphatic heterocycles. The van der Waals surface area contributed by atoms with Crippen molar-refractivity contribution in [3.05, 3.63) is 0 Å². The number of carbonyl (C=O) groups excluding carboxylic acids is 2. The van der Waals surface area contributed by atoms with Crippen LogP contribution in [0.3, 0.4) is 0 Å². The first-order chi connectivity index (χ1) is 24.4. The molecule has 13 N–H and O–H groups in total. The number of carbonyl (C=O) groups is 4. The maximum Gasteiger partial charge on any atom is 0.335 e. The third-order valence-electron chi connectivity index (χ3n) is 8.83. The minimum atomic E-state index is -2.27. The number of carboxylic acids is 2. The van der Waals surface area contributed by atoms with E-state index in [1.54, 1.807) is 0 Å². The van der Waals surface area contributed by atoms with Gasteiger partial charge in [0, 0.05) is 20.3 Å². The summed E-state index contributed by atoms with van der Waals surface area (Å²) in [6.07, 6.45) is -33.1. The van der Waals surface area contributed by atoms with Crippen LogP contribution in [-0.2, 0) is 52.3 Å². The summed E-state index contributed by atoms with van der Waals surface area (Å²) in [6.45, 7) is 0.212. The van der Waals surface area contributed by atoms with Gasteiger partial charge in [-0.25, -0.2) is 9.59 Å². The lowest BCUT2D eigenvalue weighted by Gasteiger charge is -2.49. The second kappa shape index (κ2) is 17.6. The maximum absolute atomic E-state index is 12.4. The lowest BCUT2D eigenvalue weighted by molar-refractivity contribution is -0.366. The van der Waals surface area contributed by atoms with Gasteiger partial charge in [-0.05, 0) is 0 Å². The molecular weight excluding hydrogens is 716 g/mol. The number of aliphatic hydroxyl groups is 9. The SMILES string of the molecule is CC(=O)NC1C(O)OC(CO)C(O)C1OC1OC(C(=O)O)C(OC2OC(CO)C(O)C(OC3OC(C(=O)O)CC(O)C3O)C2NC(C)=O)C(O)C1O. The van der Waals surface area contributed by atoms with Crippen molar-refractivity contribution in [2.24, 2.45) is 0 Å². The molecule has 24 heteroatoms. The molecule has 2 amide bonds. The third-order valence-corrected chi connectivity index (χ3v) is 8.83. The fraction of sp³-hybridized carbons (Fsp3) is 0.857. The van der Waals surface area contributed by atoms with Crippen LogP contribution in [0.15, 0.2) is 0 Å². The monoisotopic (exact) mass is 760 g/mol. The number of rotatable bonds is 12. The molecule has 4 saturated heterocycles. The Balaban J connectivity index is 1.61. The quantitative estimate of drug-likeness (QED) is 0.0878. The average Bonchev–Trinajstić information content (AvgIpc) is 3.07. The fourth-order valence-corrected chi connectivity index (χ4v) is 6.24. The highest BCUT2D eigenvalue weighted by molar-refractivity contribution is 5.74. The van der Waals surface area contributed by atoms with Gasteiger partial charge in [-0.2, -0.15) is 0 Å². The van der Waals surface area contributed by atoms with Crippen LogP contribution < -0.4 is 10.6 Å². The fourth-order valence-electron chi connectivity index (χ4n) is 6.24. The smallest absolute Gasteiger partial charge is 0.335 e. The first-order valence-corrected chi connectivity index (χ1v) is 16.0. The molecule has 0 aromatic heterocycles. The molecule has 4 heterocycles. The number of nitrogens with one attached hydrogen (secondary N) is 2. The van der Waals surface area contributed by atoms with Crippen molar-refractivity contribution < 1.29 is 109 Å². The van der Waals surface area contributed by atoms with E-state index in [0.29, 0.717) is 0 Å². The summed E-state index contributed by atoms with van der Waals surface area (Å²) in [5.41, 5.74) is 0. The molecule has 4 fully saturated rings. The Morgan fingerprint density at radius 1 is 0.596 bits per heavy atom. The van der Waals surface area contributed by atoms with Crippen molar-refractivity contribution in [2.75, 3.05) is 13.2 Å². The minimum Gasteiger partial charge on any atom is -0.479 e. The molecule has 52 heavy (non-hydrogen) atoms. The van der Waals surface area contributed by atoms with Gasteiger partial charge in [0.25, 0.3) is 0 Å². The van der Waals surface area contributed by atoms with Gasteiger partial charge >= 0.3 is 11.9 Å². The summed E-state index contributed by atoms with van der Waals surface area (Å²) < 4.78 is 38.3. The third kappa shape index (κ3) is 9.12. The van der Waals surface area contributed by atoms with Crippen LogP contribution in [0, 0.1) is 0 Å². The molecule has 0 spiro atoms. The van der Waals surface area contributed by atoms with E-state index in [1.165, 1.54) is 0 Å². The number of amides is 2. The normalized spacial score (nSPS) is 45.5. The van der Waals surface area contributed by atoms with Crippen LogP contribution in [0.2, 0.25) is 0 Å². The van der Waals surface area contributed by atoms with Gasteiger partial charge in [-0.3, -0.25) is 9.59 Å². The molecule has 4 rings (SSSR count). The van der Waals surface area contributed by atoms with Gasteiger partial charge < -0.3 is 100.0 Å². The Bertz CT molecular complexity index is 1260. The van der Waals surface area contributed by atoms with E-state index in [4.69, 9.17) is 33.2 Å². The van der Waals surface area contributed by atoms with E-state index in [1.807, 2.05) is 0 Å². The van der Waals surface area contributed by atoms with Gasteiger partial charge in [-0.1, -0.05) is 0 Å². The van der Waals surface area contributed by atoms with Crippen molar-refractivity contribution in [2.45, 2.75) is 137 Å². The van der Waals surface area contributed by atoms with E-state index in [9.17, 15) is 75.3 Å². The van der Waals surface area contributed by atoms with Gasteiger partial charge in [0.2, 0.25) is 11.8 Å². The average molecular weight is 761 g/mol. The highest BCUT2D eigenvalue weighted by Crippen LogP contribution is 2.34. The van der Waals surface area contributed by atoms with E-state index in [0.717, 1.165) is 13.8 Å². The van der Waals surface area contributed by atoms with Crippen LogP contribution in [0.4, 0.5) is 0 Å². The zero-order valence-electron chi connectivity index (χ0n) is 27.5. The molecule has 0 aliphatic carbocycles. The minimum absolute atomic E-state index is 0.542. The molecule has 0 aromatic rings. The van der Waals surface area contributed by atoms with Gasteiger partial charge in [0.05, 0.1) is 19.3 Å². The molecule has 0 saturated carbocycles. The molecule has 0 bridgehead atoms. The molecular formula is C28H44N2O22. The summed E-state index contributed by atoms with van der Waals surface area (Å²) in [7, 11) is 0. The topological polar surface area (TPSA) is 379 Å². The predicted octanol–water partition coefficient (Wildman–Crippen LogP) is -8.25. The van der Waals surface area contributed by atoms with Crippen LogP contribution in [0.5, 0.6) is 0 Å². The molecule has 24 nitrogen and oxygen atoms in total. The van der Waals surface area contributed by atoms with Gasteiger partial charge in [0.15, 0.2) is 37.4 Å². The summed E-state index contributed by atoms with van der Waals surface area (Å²) in [6, 6.07) is -3.29. The predicted molar refractivity (Wildman–Crippen MR) is 157 cm³/mol. The number of hydrogen-bond donors (Lipinski definition) is 13. The van der Waals surface area contributed by atoms with Crippen LogP contribution in [0.25, 0.3) is 0 Å². The summed E-state index contributed by atoms with van der Waals surface area (Å²) in [4.78, 5) is 48.1. The zero-order chi connectivity index (χ0) is 38.8. The largest absolute Gasteiger partial charge is 0.479 e. The highest BCUT2D eigenvalue weighted by atomic mass is 16.8. The molecule has 0 radical (unpaired) electrons. The molecule has 298 valence electrons. The van der Waals surface area contributed by atoms with Crippen LogP contribution >= 0.6 is 0 Å². The summed E-state index contributed by atoms with van der Waals surface area (Å²) >= 11 is 0. The Kier molecular flexibility index (Phi) is 14.2. The van der Waals surface area contributed by atoms with Gasteiger partial charge in [-0.15, -0.1) is 0 Å². The van der Waals surface area contributed by atoms with E-state index >= 15 is 0 Å². The van der Waals surface area contributed by atoms with E-state index < -0.39 is 160 Å². The van der Waals surface area contributed by atoms with Crippen molar-refractivity contribution in [1.82, 2.24) is 10.6 Å². The molecule has 4 aliphatic rings.